The van der Waals surface area contributed by atoms with Crippen LogP contribution in [0, 0.1) is 11.7 Å². The van der Waals surface area contributed by atoms with Crippen LogP contribution in [0.2, 0.25) is 0 Å². The Hall–Kier alpha value is -2.65. The molecule has 2 aliphatic heterocycles. The Morgan fingerprint density at radius 1 is 1.07 bits per heavy atom. The number of benzene rings is 1. The summed E-state index contributed by atoms with van der Waals surface area (Å²) in [4.78, 5) is 38.6. The summed E-state index contributed by atoms with van der Waals surface area (Å²) >= 11 is 0. The van der Waals surface area contributed by atoms with Gasteiger partial charge in [-0.2, -0.15) is 13.2 Å². The van der Waals surface area contributed by atoms with Crippen LogP contribution in [0.1, 0.15) is 24.4 Å². The maximum atomic E-state index is 14.2. The molecule has 0 saturated carbocycles. The van der Waals surface area contributed by atoms with Gasteiger partial charge in [0.05, 0.1) is 0 Å². The lowest BCUT2D eigenvalue weighted by Crippen LogP contribution is -2.55. The fourth-order valence-corrected chi connectivity index (χ4v) is 3.65. The normalized spacial score (nSPS) is 21.4. The van der Waals surface area contributed by atoms with Gasteiger partial charge in [-0.3, -0.25) is 14.4 Å². The second-order valence-corrected chi connectivity index (χ2v) is 6.81. The summed E-state index contributed by atoms with van der Waals surface area (Å²) < 4.78 is 51.9. The first-order valence-corrected chi connectivity index (χ1v) is 8.89. The van der Waals surface area contributed by atoms with E-state index in [1.165, 1.54) is 23.1 Å². The molecule has 0 aliphatic carbocycles. The predicted molar refractivity (Wildman–Crippen MR) is 89.2 cm³/mol. The van der Waals surface area contributed by atoms with E-state index < -0.39 is 41.7 Å². The highest BCUT2D eigenvalue weighted by molar-refractivity contribution is 5.91. The number of rotatable bonds is 2. The second kappa shape index (κ2) is 7.76. The van der Waals surface area contributed by atoms with E-state index in [4.69, 9.17) is 0 Å². The SMILES string of the molecule is O=C1NCCN(C(=O)C2CCN(C(=O)C(F)(F)F)CC2)C1c1ccccc1F. The van der Waals surface area contributed by atoms with Crippen molar-refractivity contribution in [2.45, 2.75) is 25.1 Å². The molecule has 0 aromatic heterocycles. The number of halogens is 4. The summed E-state index contributed by atoms with van der Waals surface area (Å²) in [5, 5.41) is 2.61. The van der Waals surface area contributed by atoms with Crippen LogP contribution in [0.25, 0.3) is 0 Å². The highest BCUT2D eigenvalue weighted by Gasteiger charge is 2.45. The van der Waals surface area contributed by atoms with Gasteiger partial charge in [0, 0.05) is 37.7 Å². The van der Waals surface area contributed by atoms with Crippen LogP contribution < -0.4 is 5.32 Å². The quantitative estimate of drug-likeness (QED) is 0.766. The molecule has 3 rings (SSSR count). The van der Waals surface area contributed by atoms with Crippen LogP contribution in [-0.2, 0) is 14.4 Å². The van der Waals surface area contributed by atoms with Crippen LogP contribution in [0.4, 0.5) is 17.6 Å². The lowest BCUT2D eigenvalue weighted by atomic mass is 9.92. The van der Waals surface area contributed by atoms with E-state index in [1.807, 2.05) is 0 Å². The van der Waals surface area contributed by atoms with Gasteiger partial charge in [0.25, 0.3) is 0 Å². The van der Waals surface area contributed by atoms with Gasteiger partial charge in [-0.05, 0) is 18.9 Å². The van der Waals surface area contributed by atoms with E-state index in [2.05, 4.69) is 5.32 Å². The maximum absolute atomic E-state index is 14.2. The zero-order chi connectivity index (χ0) is 20.5. The van der Waals surface area contributed by atoms with E-state index in [0.29, 0.717) is 4.90 Å². The Bertz CT molecular complexity index is 776. The van der Waals surface area contributed by atoms with E-state index in [0.717, 1.165) is 0 Å². The highest BCUT2D eigenvalue weighted by Crippen LogP contribution is 2.30. The van der Waals surface area contributed by atoms with Crippen molar-refractivity contribution in [3.63, 3.8) is 0 Å². The molecule has 0 bridgehead atoms. The van der Waals surface area contributed by atoms with Crippen molar-refractivity contribution in [3.05, 3.63) is 35.6 Å². The molecule has 152 valence electrons. The largest absolute Gasteiger partial charge is 0.471 e. The molecule has 1 N–H and O–H groups in total. The van der Waals surface area contributed by atoms with E-state index in [-0.39, 0.29) is 44.6 Å². The van der Waals surface area contributed by atoms with Crippen LogP contribution in [-0.4, -0.2) is 59.9 Å². The van der Waals surface area contributed by atoms with Crippen molar-refractivity contribution in [3.8, 4) is 0 Å². The number of likely N-dealkylation sites (tertiary alicyclic amines) is 1. The van der Waals surface area contributed by atoms with Gasteiger partial charge in [-0.15, -0.1) is 0 Å². The molecule has 6 nitrogen and oxygen atoms in total. The molecule has 1 unspecified atom stereocenters. The fraction of sp³-hybridized carbons (Fsp3) is 0.500. The number of hydrogen-bond donors (Lipinski definition) is 1. The number of nitrogens with one attached hydrogen (secondary N) is 1. The number of nitrogens with zero attached hydrogens (tertiary/aromatic N) is 2. The van der Waals surface area contributed by atoms with Gasteiger partial charge in [0.2, 0.25) is 11.8 Å². The van der Waals surface area contributed by atoms with Gasteiger partial charge in [-0.25, -0.2) is 4.39 Å². The summed E-state index contributed by atoms with van der Waals surface area (Å²) in [6, 6.07) is 4.53. The Morgan fingerprint density at radius 3 is 2.32 bits per heavy atom. The molecule has 0 spiro atoms. The molecule has 3 amide bonds. The van der Waals surface area contributed by atoms with Crippen molar-refractivity contribution < 1.29 is 31.9 Å². The summed E-state index contributed by atoms with van der Waals surface area (Å²) in [7, 11) is 0. The lowest BCUT2D eigenvalue weighted by Gasteiger charge is -2.39. The number of alkyl halides is 3. The van der Waals surface area contributed by atoms with Crippen molar-refractivity contribution in [2.75, 3.05) is 26.2 Å². The first-order chi connectivity index (χ1) is 13.2. The molecular formula is C18H19F4N3O3. The number of carbonyl (C=O) groups is 3. The molecule has 28 heavy (non-hydrogen) atoms. The molecule has 2 heterocycles. The van der Waals surface area contributed by atoms with Gasteiger partial charge in [0.1, 0.15) is 11.9 Å². The summed E-state index contributed by atoms with van der Waals surface area (Å²) in [6.45, 7) is -0.00942. The zero-order valence-corrected chi connectivity index (χ0v) is 14.8. The fourth-order valence-electron chi connectivity index (χ4n) is 3.65. The Kier molecular flexibility index (Phi) is 5.57. The van der Waals surface area contributed by atoms with Crippen LogP contribution >= 0.6 is 0 Å². The summed E-state index contributed by atoms with van der Waals surface area (Å²) in [5.41, 5.74) is 0.0673. The lowest BCUT2D eigenvalue weighted by molar-refractivity contribution is -0.187. The molecule has 10 heteroatoms. The third-order valence-corrected chi connectivity index (χ3v) is 5.07. The average molecular weight is 401 g/mol. The number of amides is 3. The Balaban J connectivity index is 1.73. The van der Waals surface area contributed by atoms with Gasteiger partial charge < -0.3 is 15.1 Å². The van der Waals surface area contributed by atoms with E-state index >= 15 is 0 Å². The summed E-state index contributed by atoms with van der Waals surface area (Å²) in [5.74, 6) is -4.08. The minimum Gasteiger partial charge on any atom is -0.352 e. The standard InChI is InChI=1S/C18H19F4N3O3/c19-13-4-2-1-3-12(13)14-15(26)23-7-10-25(14)16(27)11-5-8-24(9-6-11)17(28)18(20,21)22/h1-4,11,14H,5-10H2,(H,23,26). The molecule has 1 aromatic carbocycles. The zero-order valence-electron chi connectivity index (χ0n) is 14.8. The minimum absolute atomic E-state index is 0.0583. The van der Waals surface area contributed by atoms with Gasteiger partial charge in [0.15, 0.2) is 0 Å². The molecule has 1 atom stereocenters. The molecule has 1 aromatic rings. The molecule has 0 radical (unpaired) electrons. The smallest absolute Gasteiger partial charge is 0.352 e. The van der Waals surface area contributed by atoms with Crippen molar-refractivity contribution >= 4 is 17.7 Å². The predicted octanol–water partition coefficient (Wildman–Crippen LogP) is 1.63. The number of piperidine rings is 1. The number of hydrogen-bond acceptors (Lipinski definition) is 3. The van der Waals surface area contributed by atoms with Gasteiger partial charge >= 0.3 is 12.1 Å². The minimum atomic E-state index is -4.95. The molecule has 2 fully saturated rings. The maximum Gasteiger partial charge on any atom is 0.471 e. The molecule has 2 aliphatic rings. The van der Waals surface area contributed by atoms with Crippen molar-refractivity contribution in [1.29, 1.82) is 0 Å². The third-order valence-electron chi connectivity index (χ3n) is 5.07. The Morgan fingerprint density at radius 2 is 1.71 bits per heavy atom. The molecular weight excluding hydrogens is 382 g/mol. The van der Waals surface area contributed by atoms with Crippen LogP contribution in [0.3, 0.4) is 0 Å². The van der Waals surface area contributed by atoms with Crippen molar-refractivity contribution in [2.24, 2.45) is 5.92 Å². The highest BCUT2D eigenvalue weighted by atomic mass is 19.4. The van der Waals surface area contributed by atoms with Gasteiger partial charge in [-0.1, -0.05) is 18.2 Å². The first-order valence-electron chi connectivity index (χ1n) is 8.89. The van der Waals surface area contributed by atoms with E-state index in [9.17, 15) is 31.9 Å². The number of piperazine rings is 1. The monoisotopic (exact) mass is 401 g/mol. The van der Waals surface area contributed by atoms with Crippen LogP contribution in [0.5, 0.6) is 0 Å². The average Bonchev–Trinajstić information content (AvgIpc) is 2.67. The number of carbonyl (C=O) groups excluding carboxylic acids is 3. The Labute approximate surface area is 158 Å². The van der Waals surface area contributed by atoms with E-state index in [1.54, 1.807) is 6.07 Å². The summed E-state index contributed by atoms with van der Waals surface area (Å²) in [6.07, 6.45) is -4.83. The first kappa shape index (κ1) is 20.1. The third kappa shape index (κ3) is 3.95. The second-order valence-electron chi connectivity index (χ2n) is 6.81. The molecule has 2 saturated heterocycles. The van der Waals surface area contributed by atoms with Crippen molar-refractivity contribution in [1.82, 2.24) is 15.1 Å². The topological polar surface area (TPSA) is 69.7 Å². The van der Waals surface area contributed by atoms with Crippen LogP contribution in [0.15, 0.2) is 24.3 Å².